The van der Waals surface area contributed by atoms with E-state index >= 15 is 0 Å². The first-order valence-electron chi connectivity index (χ1n) is 19.5. The van der Waals surface area contributed by atoms with Crippen LogP contribution in [-0.2, 0) is 36.6 Å². The summed E-state index contributed by atoms with van der Waals surface area (Å²) in [5, 5.41) is 5.27. The van der Waals surface area contributed by atoms with E-state index in [0.29, 0.717) is 14.5 Å². The van der Waals surface area contributed by atoms with Crippen molar-refractivity contribution in [2.24, 2.45) is 11.3 Å². The minimum atomic E-state index is -4.49. The van der Waals surface area contributed by atoms with Gasteiger partial charge in [-0.1, -0.05) is 148 Å². The molecule has 0 aliphatic heterocycles. The van der Waals surface area contributed by atoms with Crippen LogP contribution in [0.2, 0.25) is 0 Å². The SMILES string of the molecule is CCCC1[C-]=CC(C(C)(C)C)=C1.FC(F)(F)c1cccc([C](=[Zr+2])c2cccc(C(F)(F)F)c2)c1.[Cl-].[Cl-].c1ccc(-c2ccc3c(c2)[cH-]c2cc(-c4ccccc4)ccc23)cc1. The number of halogens is 8. The molecule has 61 heavy (non-hydrogen) atoms. The van der Waals surface area contributed by atoms with E-state index in [0.717, 1.165) is 48.5 Å². The van der Waals surface area contributed by atoms with Gasteiger partial charge < -0.3 is 24.8 Å². The van der Waals surface area contributed by atoms with E-state index in [4.69, 9.17) is 0 Å². The van der Waals surface area contributed by atoms with Crippen molar-refractivity contribution in [2.45, 2.75) is 52.9 Å². The standard InChI is InChI=1S/C25H17.C15H8F6.C12H19.2ClH.Zr/c1-3-7-18(8-4-1)20-11-13-24-22(15-20)17-23-16-21(12-14-25(23)24)19-9-5-2-6-10-19;16-14(17,18)12-5-1-3-10(8-12)7-11-4-2-6-13(9-11)15(19,20)21;1-5-6-10-7-8-11(9-10)12(2,3)4;;;/h1-17H;1-6,8-9H;8-10H,5-6H2,1-4H3;2*1H;/q-1;;-1;;;+2/p-2. The molecule has 0 radical (unpaired) electrons. The number of hydrogen-bond acceptors (Lipinski definition) is 0. The Morgan fingerprint density at radius 2 is 1.02 bits per heavy atom. The topological polar surface area (TPSA) is 0 Å². The summed E-state index contributed by atoms with van der Waals surface area (Å²) < 4.78 is 76.7. The normalized spacial score (nSPS) is 13.6. The molecule has 0 amide bonds. The average molecular weight is 945 g/mol. The van der Waals surface area contributed by atoms with Gasteiger partial charge in [-0.2, -0.15) is 11.6 Å². The van der Waals surface area contributed by atoms with Gasteiger partial charge in [0.1, 0.15) is 0 Å². The third-order valence-corrected chi connectivity index (χ3v) is 11.6. The van der Waals surface area contributed by atoms with Gasteiger partial charge >= 0.3 is 137 Å². The minimum absolute atomic E-state index is 0. The number of benzene rings is 6. The van der Waals surface area contributed by atoms with Gasteiger partial charge in [0.15, 0.2) is 0 Å². The Kier molecular flexibility index (Phi) is 17.0. The number of hydrogen-bond donors (Lipinski definition) is 0. The first-order chi connectivity index (χ1) is 28.0. The van der Waals surface area contributed by atoms with Gasteiger partial charge in [-0.05, 0) is 11.1 Å². The molecule has 7 aromatic carbocycles. The Morgan fingerprint density at radius 1 is 0.574 bits per heavy atom. The molecule has 1 aliphatic rings. The molecule has 0 N–H and O–H groups in total. The van der Waals surface area contributed by atoms with Crippen molar-refractivity contribution < 1.29 is 75.4 Å². The second-order valence-corrected chi connectivity index (χ2v) is 16.8. The number of alkyl halides is 6. The van der Waals surface area contributed by atoms with Crippen molar-refractivity contribution in [1.29, 1.82) is 0 Å². The molecular weight excluding hydrogens is 901 g/mol. The Bertz CT molecular complexity index is 2440. The first kappa shape index (κ1) is 49.2. The smallest absolute Gasteiger partial charge is 0.0259 e. The predicted octanol–water partition coefficient (Wildman–Crippen LogP) is 9.64. The fraction of sp³-hybridized carbons (Fsp3) is 0.192. The third-order valence-electron chi connectivity index (χ3n) is 10.2. The largest absolute Gasteiger partial charge is 1.00 e. The first-order valence-corrected chi connectivity index (χ1v) is 20.7. The Morgan fingerprint density at radius 3 is 1.39 bits per heavy atom. The number of fused-ring (bicyclic) bond motifs is 3. The maximum absolute atomic E-state index is 12.7. The van der Waals surface area contributed by atoms with Crippen molar-refractivity contribution >= 4 is 24.8 Å². The van der Waals surface area contributed by atoms with Crippen LogP contribution in [0, 0.1) is 17.4 Å². The van der Waals surface area contributed by atoms with Crippen LogP contribution >= 0.6 is 0 Å². The molecular formula is C52H44Cl2F6Zr-2. The summed E-state index contributed by atoms with van der Waals surface area (Å²) in [4.78, 5) is 0. The molecule has 0 saturated carbocycles. The van der Waals surface area contributed by atoms with Crippen molar-refractivity contribution in [2.75, 3.05) is 0 Å². The zero-order valence-electron chi connectivity index (χ0n) is 34.1. The molecule has 1 atom stereocenters. The second kappa shape index (κ2) is 21.1. The summed E-state index contributed by atoms with van der Waals surface area (Å²) in [6.07, 6.45) is 1.45. The van der Waals surface area contributed by atoms with E-state index < -0.39 is 23.5 Å². The van der Waals surface area contributed by atoms with Crippen LogP contribution in [0.15, 0.2) is 169 Å². The summed E-state index contributed by atoms with van der Waals surface area (Å²) in [5.41, 5.74) is 5.71. The van der Waals surface area contributed by atoms with Crippen LogP contribution in [0.4, 0.5) is 26.3 Å². The van der Waals surface area contributed by atoms with Crippen LogP contribution in [0.5, 0.6) is 0 Å². The van der Waals surface area contributed by atoms with Crippen molar-refractivity contribution in [3.63, 3.8) is 0 Å². The van der Waals surface area contributed by atoms with E-state index in [2.05, 4.69) is 149 Å². The molecule has 7 aromatic rings. The maximum atomic E-state index is 12.7. The number of rotatable bonds is 6. The van der Waals surface area contributed by atoms with Crippen molar-refractivity contribution in [3.8, 4) is 22.3 Å². The summed E-state index contributed by atoms with van der Waals surface area (Å²) in [6, 6.07) is 46.2. The molecule has 1 aliphatic carbocycles. The van der Waals surface area contributed by atoms with Gasteiger partial charge in [0.2, 0.25) is 0 Å². The van der Waals surface area contributed by atoms with E-state index in [1.165, 1.54) is 86.5 Å². The molecule has 0 fully saturated rings. The van der Waals surface area contributed by atoms with Crippen LogP contribution in [0.25, 0.3) is 43.8 Å². The van der Waals surface area contributed by atoms with Crippen LogP contribution in [-0.4, -0.2) is 3.21 Å². The van der Waals surface area contributed by atoms with E-state index in [9.17, 15) is 26.3 Å². The third kappa shape index (κ3) is 12.8. The molecule has 0 aromatic heterocycles. The molecule has 0 heterocycles. The average Bonchev–Trinajstić information content (AvgIpc) is 3.86. The summed E-state index contributed by atoms with van der Waals surface area (Å²) in [6.45, 7) is 8.99. The molecule has 1 unspecified atom stereocenters. The molecule has 0 saturated heterocycles. The van der Waals surface area contributed by atoms with Gasteiger partial charge in [0.05, 0.1) is 0 Å². The van der Waals surface area contributed by atoms with E-state index in [-0.39, 0.29) is 35.9 Å². The fourth-order valence-electron chi connectivity index (χ4n) is 6.97. The van der Waals surface area contributed by atoms with E-state index in [1.54, 1.807) is 0 Å². The van der Waals surface area contributed by atoms with Gasteiger partial charge in [-0.15, -0.1) is 39.7 Å². The Hall–Kier alpha value is -4.42. The zero-order valence-corrected chi connectivity index (χ0v) is 38.1. The van der Waals surface area contributed by atoms with Crippen LogP contribution < -0.4 is 24.8 Å². The minimum Gasteiger partial charge on any atom is -1.00 e. The van der Waals surface area contributed by atoms with Gasteiger partial charge in [-0.3, -0.25) is 6.08 Å². The van der Waals surface area contributed by atoms with Crippen LogP contribution in [0.3, 0.4) is 0 Å². The number of allylic oxidation sites excluding steroid dienone is 4. The summed E-state index contributed by atoms with van der Waals surface area (Å²) in [5.74, 6) is 0.587. The van der Waals surface area contributed by atoms with Gasteiger partial charge in [-0.25, -0.2) is 6.08 Å². The fourth-order valence-corrected chi connectivity index (χ4v) is 7.73. The molecule has 0 nitrogen and oxygen atoms in total. The Labute approximate surface area is 381 Å². The summed E-state index contributed by atoms with van der Waals surface area (Å²) in [7, 11) is 0. The Balaban J connectivity index is 0.000000210. The molecule has 0 bridgehead atoms. The molecule has 0 spiro atoms. The molecule has 9 heteroatoms. The summed E-state index contributed by atoms with van der Waals surface area (Å²) >= 11 is 0.729. The second-order valence-electron chi connectivity index (χ2n) is 15.6. The van der Waals surface area contributed by atoms with E-state index in [1.807, 2.05) is 0 Å². The van der Waals surface area contributed by atoms with Gasteiger partial charge in [0, 0.05) is 0 Å². The predicted molar refractivity (Wildman–Crippen MR) is 228 cm³/mol. The molecule has 314 valence electrons. The monoisotopic (exact) mass is 942 g/mol. The van der Waals surface area contributed by atoms with Crippen molar-refractivity contribution in [1.82, 2.24) is 0 Å². The van der Waals surface area contributed by atoms with Gasteiger partial charge in [0.25, 0.3) is 0 Å². The zero-order chi connectivity index (χ0) is 42.4. The maximum Gasteiger partial charge on any atom is -0.0259 e. The van der Waals surface area contributed by atoms with Crippen LogP contribution in [0.1, 0.15) is 62.8 Å². The molecule has 8 rings (SSSR count). The quantitative estimate of drug-likeness (QED) is 0.115. The van der Waals surface area contributed by atoms with Crippen molar-refractivity contribution in [3.05, 3.63) is 198 Å².